The lowest BCUT2D eigenvalue weighted by atomic mass is 10.0. The van der Waals surface area contributed by atoms with E-state index < -0.39 is 18.5 Å². The van der Waals surface area contributed by atoms with Crippen LogP contribution < -0.4 is 10.1 Å². The highest BCUT2D eigenvalue weighted by molar-refractivity contribution is 5.86. The Hall–Kier alpha value is -3.35. The zero-order valence-corrected chi connectivity index (χ0v) is 16.0. The number of benzene rings is 2. The third-order valence-electron chi connectivity index (χ3n) is 4.00. The number of hydrogen-bond donors (Lipinski definition) is 1. The molecule has 0 aliphatic rings. The van der Waals surface area contributed by atoms with Crippen LogP contribution >= 0.6 is 0 Å². The van der Waals surface area contributed by atoms with E-state index in [1.54, 1.807) is 6.07 Å². The molecule has 0 saturated heterocycles. The summed E-state index contributed by atoms with van der Waals surface area (Å²) in [6.45, 7) is -0.851. The maximum absolute atomic E-state index is 11.9. The number of rotatable bonds is 9. The number of para-hydroxylation sites is 1. The Bertz CT molecular complexity index is 807. The van der Waals surface area contributed by atoms with Crippen LogP contribution in [-0.2, 0) is 25.5 Å². The van der Waals surface area contributed by atoms with Crippen molar-refractivity contribution in [2.75, 3.05) is 33.9 Å². The molecule has 1 N–H and O–H groups in total. The zero-order chi connectivity index (χ0) is 20.4. The summed E-state index contributed by atoms with van der Waals surface area (Å²) in [6.07, 6.45) is 0.675. The van der Waals surface area contributed by atoms with E-state index in [4.69, 9.17) is 9.47 Å². The molecule has 2 amide bonds. The highest BCUT2D eigenvalue weighted by Gasteiger charge is 2.15. The van der Waals surface area contributed by atoms with Gasteiger partial charge >= 0.3 is 5.97 Å². The van der Waals surface area contributed by atoms with E-state index in [1.807, 2.05) is 48.5 Å². The summed E-state index contributed by atoms with van der Waals surface area (Å²) in [5, 5.41) is 2.42. The lowest BCUT2D eigenvalue weighted by molar-refractivity contribution is -0.153. The van der Waals surface area contributed by atoms with Crippen molar-refractivity contribution >= 4 is 17.8 Å². The molecule has 0 bridgehead atoms. The van der Waals surface area contributed by atoms with Crippen molar-refractivity contribution in [2.45, 2.75) is 6.42 Å². The van der Waals surface area contributed by atoms with Crippen LogP contribution in [0.1, 0.15) is 11.1 Å². The summed E-state index contributed by atoms with van der Waals surface area (Å²) >= 11 is 0. The summed E-state index contributed by atoms with van der Waals surface area (Å²) in [5.74, 6) is -0.843. The van der Waals surface area contributed by atoms with Gasteiger partial charge in [0.15, 0.2) is 13.2 Å². The van der Waals surface area contributed by atoms with E-state index in [0.717, 1.165) is 11.1 Å². The number of hydrogen-bond acceptors (Lipinski definition) is 5. The van der Waals surface area contributed by atoms with Gasteiger partial charge < -0.3 is 19.7 Å². The molecule has 0 unspecified atom stereocenters. The smallest absolute Gasteiger partial charge is 0.344 e. The summed E-state index contributed by atoms with van der Waals surface area (Å²) in [5.41, 5.74) is 2.08. The topological polar surface area (TPSA) is 84.9 Å². The van der Waals surface area contributed by atoms with Crippen LogP contribution in [0.5, 0.6) is 5.75 Å². The Morgan fingerprint density at radius 3 is 2.36 bits per heavy atom. The summed E-state index contributed by atoms with van der Waals surface area (Å²) < 4.78 is 10.5. The van der Waals surface area contributed by atoms with E-state index in [0.29, 0.717) is 12.2 Å². The maximum atomic E-state index is 11.9. The molecule has 2 aromatic rings. The number of carbonyl (C=O) groups excluding carboxylic acids is 3. The van der Waals surface area contributed by atoms with Crippen molar-refractivity contribution in [1.82, 2.24) is 10.2 Å². The van der Waals surface area contributed by atoms with E-state index in [2.05, 4.69) is 5.32 Å². The average molecular weight is 384 g/mol. The second-order valence-corrected chi connectivity index (χ2v) is 6.14. The maximum Gasteiger partial charge on any atom is 0.344 e. The summed E-state index contributed by atoms with van der Waals surface area (Å²) in [7, 11) is 2.94. The van der Waals surface area contributed by atoms with Crippen molar-refractivity contribution in [3.63, 3.8) is 0 Å². The molecule has 0 atom stereocenters. The highest BCUT2D eigenvalue weighted by atomic mass is 16.6. The average Bonchev–Trinajstić information content (AvgIpc) is 2.71. The number of esters is 1. The number of nitrogens with zero attached hydrogens (tertiary/aromatic N) is 1. The predicted octanol–water partition coefficient (Wildman–Crippen LogP) is 1.40. The number of ether oxygens (including phenoxy) is 2. The highest BCUT2D eigenvalue weighted by Crippen LogP contribution is 2.21. The first-order valence-electron chi connectivity index (χ1n) is 8.84. The lowest BCUT2D eigenvalue weighted by Crippen LogP contribution is -2.39. The van der Waals surface area contributed by atoms with Gasteiger partial charge in [-0.25, -0.2) is 4.79 Å². The van der Waals surface area contributed by atoms with Gasteiger partial charge in [-0.1, -0.05) is 48.5 Å². The molecule has 28 heavy (non-hydrogen) atoms. The number of amides is 2. The van der Waals surface area contributed by atoms with E-state index in [-0.39, 0.29) is 19.1 Å². The Labute approximate surface area is 164 Å². The fourth-order valence-corrected chi connectivity index (χ4v) is 2.42. The molecule has 0 aromatic heterocycles. The molecule has 0 spiro atoms. The first-order valence-corrected chi connectivity index (χ1v) is 8.84. The second-order valence-electron chi connectivity index (χ2n) is 6.14. The first kappa shape index (κ1) is 21.0. The fraction of sp³-hybridized carbons (Fsp3) is 0.286. The fourth-order valence-electron chi connectivity index (χ4n) is 2.42. The molecule has 0 heterocycles. The first-order chi connectivity index (χ1) is 13.5. The van der Waals surface area contributed by atoms with Crippen LogP contribution in [-0.4, -0.2) is 56.5 Å². The summed E-state index contributed by atoms with van der Waals surface area (Å²) in [4.78, 5) is 36.2. The molecule has 0 aliphatic heterocycles. The molecule has 7 heteroatoms. The van der Waals surface area contributed by atoms with Crippen molar-refractivity contribution in [3.05, 3.63) is 65.7 Å². The van der Waals surface area contributed by atoms with Crippen LogP contribution in [0, 0.1) is 0 Å². The molecular formula is C21H24N2O5. The van der Waals surface area contributed by atoms with Gasteiger partial charge in [-0.2, -0.15) is 0 Å². The third-order valence-corrected chi connectivity index (χ3v) is 4.00. The normalized spacial score (nSPS) is 10.1. The third kappa shape index (κ3) is 6.75. The lowest BCUT2D eigenvalue weighted by Gasteiger charge is -2.16. The largest absolute Gasteiger partial charge is 0.482 e. The second kappa shape index (κ2) is 10.7. The monoisotopic (exact) mass is 384 g/mol. The molecule has 0 radical (unpaired) electrons. The van der Waals surface area contributed by atoms with Crippen molar-refractivity contribution in [2.24, 2.45) is 0 Å². The van der Waals surface area contributed by atoms with Gasteiger partial charge in [0.05, 0.1) is 6.54 Å². The Morgan fingerprint density at radius 1 is 0.964 bits per heavy atom. The Balaban J connectivity index is 1.83. The van der Waals surface area contributed by atoms with Crippen LogP contribution in [0.25, 0.3) is 0 Å². The minimum Gasteiger partial charge on any atom is -0.482 e. The molecule has 0 saturated carbocycles. The van der Waals surface area contributed by atoms with E-state index >= 15 is 0 Å². The van der Waals surface area contributed by atoms with Crippen LogP contribution in [0.4, 0.5) is 0 Å². The molecule has 0 fully saturated rings. The zero-order valence-electron chi connectivity index (χ0n) is 16.0. The Kier molecular flexibility index (Phi) is 8.02. The van der Waals surface area contributed by atoms with Crippen LogP contribution in [0.2, 0.25) is 0 Å². The van der Waals surface area contributed by atoms with Gasteiger partial charge in [0, 0.05) is 20.5 Å². The van der Waals surface area contributed by atoms with E-state index in [1.165, 1.54) is 19.0 Å². The minimum atomic E-state index is -0.656. The van der Waals surface area contributed by atoms with Crippen LogP contribution in [0.15, 0.2) is 54.6 Å². The number of nitrogens with one attached hydrogen (secondary N) is 1. The van der Waals surface area contributed by atoms with Crippen molar-refractivity contribution < 1.29 is 23.9 Å². The van der Waals surface area contributed by atoms with Gasteiger partial charge in [-0.05, 0) is 17.2 Å². The van der Waals surface area contributed by atoms with Crippen molar-refractivity contribution in [1.29, 1.82) is 0 Å². The van der Waals surface area contributed by atoms with Gasteiger partial charge in [-0.3, -0.25) is 9.59 Å². The van der Waals surface area contributed by atoms with E-state index in [9.17, 15) is 14.4 Å². The van der Waals surface area contributed by atoms with Gasteiger partial charge in [-0.15, -0.1) is 0 Å². The van der Waals surface area contributed by atoms with Gasteiger partial charge in [0.25, 0.3) is 5.91 Å². The number of carbonyl (C=O) groups is 3. The van der Waals surface area contributed by atoms with Crippen LogP contribution in [0.3, 0.4) is 0 Å². The predicted molar refractivity (Wildman–Crippen MR) is 104 cm³/mol. The van der Waals surface area contributed by atoms with Crippen molar-refractivity contribution in [3.8, 4) is 5.75 Å². The molecule has 2 rings (SSSR count). The Morgan fingerprint density at radius 2 is 1.64 bits per heavy atom. The number of likely N-dealkylation sites (N-methyl/N-ethyl adjacent to an activating group) is 2. The molecule has 7 nitrogen and oxygen atoms in total. The van der Waals surface area contributed by atoms with Gasteiger partial charge in [0.1, 0.15) is 5.75 Å². The summed E-state index contributed by atoms with van der Waals surface area (Å²) in [6, 6.07) is 17.4. The minimum absolute atomic E-state index is 0.101. The molecule has 2 aromatic carbocycles. The standard InChI is InChI=1S/C21H24N2O5/c1-22-19(24)13-23(2)20(25)14-28-21(26)15-27-18-11-7-6-10-17(18)12-16-8-4-3-5-9-16/h3-11H,12-15H2,1-2H3,(H,22,24). The SMILES string of the molecule is CNC(=O)CN(C)C(=O)COC(=O)COc1ccccc1Cc1ccccc1. The quantitative estimate of drug-likeness (QED) is 0.661. The molecular weight excluding hydrogens is 360 g/mol. The molecule has 148 valence electrons. The van der Waals surface area contributed by atoms with Gasteiger partial charge in [0.2, 0.25) is 5.91 Å². The molecule has 0 aliphatic carbocycles.